The Morgan fingerprint density at radius 2 is 2.03 bits per heavy atom. The first kappa shape index (κ1) is 19.1. The number of aryl methyl sites for hydroxylation is 1. The number of likely N-dealkylation sites (tertiary alicyclic amines) is 1. The smallest absolute Gasteiger partial charge is 0.227 e. The van der Waals surface area contributed by atoms with Gasteiger partial charge in [0.05, 0.1) is 13.0 Å². The van der Waals surface area contributed by atoms with Crippen LogP contribution in [0.1, 0.15) is 24.8 Å². The molecule has 0 saturated carbocycles. The summed E-state index contributed by atoms with van der Waals surface area (Å²) in [6.45, 7) is 3.07. The van der Waals surface area contributed by atoms with Gasteiger partial charge in [-0.2, -0.15) is 4.98 Å². The Labute approximate surface area is 168 Å². The predicted molar refractivity (Wildman–Crippen MR) is 105 cm³/mol. The van der Waals surface area contributed by atoms with Crippen molar-refractivity contribution in [3.05, 3.63) is 65.8 Å². The van der Waals surface area contributed by atoms with Crippen molar-refractivity contribution >= 4 is 5.91 Å². The molecule has 1 aliphatic heterocycles. The summed E-state index contributed by atoms with van der Waals surface area (Å²) in [5, 5.41) is 3.96. The first-order valence-corrected chi connectivity index (χ1v) is 9.73. The number of nitrogens with zero attached hydrogens (tertiary/aromatic N) is 3. The molecule has 0 aliphatic carbocycles. The van der Waals surface area contributed by atoms with Crippen LogP contribution in [0.15, 0.2) is 53.1 Å². The van der Waals surface area contributed by atoms with E-state index in [1.54, 1.807) is 23.1 Å². The zero-order chi connectivity index (χ0) is 20.2. The lowest BCUT2D eigenvalue weighted by molar-refractivity contribution is -0.129. The first-order chi connectivity index (χ1) is 14.1. The number of hydrogen-bond acceptors (Lipinski definition) is 5. The highest BCUT2D eigenvalue weighted by molar-refractivity contribution is 5.79. The molecule has 0 N–H and O–H groups in total. The summed E-state index contributed by atoms with van der Waals surface area (Å²) in [7, 11) is 0. The van der Waals surface area contributed by atoms with Gasteiger partial charge in [-0.25, -0.2) is 4.39 Å². The Hall–Kier alpha value is -3.22. The Morgan fingerprint density at radius 3 is 2.76 bits per heavy atom. The van der Waals surface area contributed by atoms with Crippen LogP contribution >= 0.6 is 0 Å². The average molecular weight is 395 g/mol. The molecular formula is C22H22FN3O3. The fourth-order valence-corrected chi connectivity index (χ4v) is 3.36. The number of aromatic nitrogens is 2. The van der Waals surface area contributed by atoms with Gasteiger partial charge in [-0.3, -0.25) is 4.79 Å². The van der Waals surface area contributed by atoms with Gasteiger partial charge < -0.3 is 14.2 Å². The van der Waals surface area contributed by atoms with Gasteiger partial charge in [0, 0.05) is 24.9 Å². The van der Waals surface area contributed by atoms with E-state index in [0.29, 0.717) is 36.8 Å². The van der Waals surface area contributed by atoms with E-state index in [2.05, 4.69) is 10.1 Å². The normalized spacial score (nSPS) is 16.2. The SMILES string of the molecule is CCc1nc(-c2ccc(OC3CCN(C(=O)Cc4ccccc4F)C3)cc2)no1. The molecule has 1 saturated heterocycles. The maximum absolute atomic E-state index is 13.8. The minimum absolute atomic E-state index is 0.0680. The molecule has 150 valence electrons. The second-order valence-corrected chi connectivity index (χ2v) is 7.03. The third-order valence-corrected chi connectivity index (χ3v) is 4.98. The molecule has 2 aromatic carbocycles. The second kappa shape index (κ2) is 8.43. The topological polar surface area (TPSA) is 68.5 Å². The van der Waals surface area contributed by atoms with Crippen molar-refractivity contribution in [2.75, 3.05) is 13.1 Å². The minimum atomic E-state index is -0.347. The third kappa shape index (κ3) is 4.45. The van der Waals surface area contributed by atoms with Crippen molar-refractivity contribution < 1.29 is 18.4 Å². The number of halogens is 1. The summed E-state index contributed by atoms with van der Waals surface area (Å²) in [6.07, 6.45) is 1.43. The number of carbonyl (C=O) groups is 1. The summed E-state index contributed by atoms with van der Waals surface area (Å²) in [6, 6.07) is 13.9. The molecule has 1 unspecified atom stereocenters. The van der Waals surface area contributed by atoms with Gasteiger partial charge in [0.15, 0.2) is 0 Å². The van der Waals surface area contributed by atoms with Crippen molar-refractivity contribution in [2.45, 2.75) is 32.3 Å². The number of ether oxygens (including phenoxy) is 1. The van der Waals surface area contributed by atoms with Crippen LogP contribution in [0.3, 0.4) is 0 Å². The lowest BCUT2D eigenvalue weighted by Gasteiger charge is -2.17. The standard InChI is InChI=1S/C22H22FN3O3/c1-2-20-24-22(25-29-20)15-7-9-17(10-8-15)28-18-11-12-26(14-18)21(27)13-16-5-3-4-6-19(16)23/h3-10,18H,2,11-14H2,1H3. The van der Waals surface area contributed by atoms with Gasteiger partial charge in [-0.15, -0.1) is 0 Å². The second-order valence-electron chi connectivity index (χ2n) is 7.03. The van der Waals surface area contributed by atoms with Gasteiger partial charge in [0.25, 0.3) is 0 Å². The van der Waals surface area contributed by atoms with E-state index in [9.17, 15) is 9.18 Å². The van der Waals surface area contributed by atoms with Crippen molar-refractivity contribution in [1.82, 2.24) is 15.0 Å². The molecule has 1 aromatic heterocycles. The van der Waals surface area contributed by atoms with Crippen molar-refractivity contribution in [3.8, 4) is 17.1 Å². The Morgan fingerprint density at radius 1 is 1.24 bits per heavy atom. The molecule has 0 bridgehead atoms. The first-order valence-electron chi connectivity index (χ1n) is 9.73. The summed E-state index contributed by atoms with van der Waals surface area (Å²) >= 11 is 0. The Kier molecular flexibility index (Phi) is 5.55. The van der Waals surface area contributed by atoms with Crippen LogP contribution in [0.4, 0.5) is 4.39 Å². The predicted octanol–water partition coefficient (Wildman–Crippen LogP) is 3.66. The van der Waals surface area contributed by atoms with Crippen molar-refractivity contribution in [2.24, 2.45) is 0 Å². The zero-order valence-electron chi connectivity index (χ0n) is 16.2. The summed E-state index contributed by atoms with van der Waals surface area (Å²) in [5.41, 5.74) is 1.28. The Bertz CT molecular complexity index is 987. The maximum atomic E-state index is 13.8. The number of hydrogen-bond donors (Lipinski definition) is 0. The highest BCUT2D eigenvalue weighted by Crippen LogP contribution is 2.23. The van der Waals surface area contributed by atoms with E-state index >= 15 is 0 Å². The average Bonchev–Trinajstić information content (AvgIpc) is 3.40. The highest BCUT2D eigenvalue weighted by atomic mass is 19.1. The van der Waals surface area contributed by atoms with Gasteiger partial charge in [0.1, 0.15) is 17.7 Å². The van der Waals surface area contributed by atoms with E-state index in [-0.39, 0.29) is 24.2 Å². The summed E-state index contributed by atoms with van der Waals surface area (Å²) < 4.78 is 24.9. The molecule has 1 amide bonds. The van der Waals surface area contributed by atoms with Gasteiger partial charge in [0.2, 0.25) is 17.6 Å². The van der Waals surface area contributed by atoms with Crippen LogP contribution in [-0.4, -0.2) is 40.1 Å². The van der Waals surface area contributed by atoms with Crippen LogP contribution in [-0.2, 0) is 17.6 Å². The number of amides is 1. The van der Waals surface area contributed by atoms with Crippen LogP contribution in [0, 0.1) is 5.82 Å². The van der Waals surface area contributed by atoms with Crippen LogP contribution in [0.5, 0.6) is 5.75 Å². The van der Waals surface area contributed by atoms with Gasteiger partial charge in [-0.1, -0.05) is 30.3 Å². The fraction of sp³-hybridized carbons (Fsp3) is 0.318. The lowest BCUT2D eigenvalue weighted by Crippen LogP contribution is -2.32. The molecule has 6 nitrogen and oxygen atoms in total. The molecule has 29 heavy (non-hydrogen) atoms. The van der Waals surface area contributed by atoms with E-state index in [1.165, 1.54) is 6.07 Å². The highest BCUT2D eigenvalue weighted by Gasteiger charge is 2.28. The summed E-state index contributed by atoms with van der Waals surface area (Å²) in [5.74, 6) is 1.45. The van der Waals surface area contributed by atoms with Crippen molar-refractivity contribution in [1.29, 1.82) is 0 Å². The number of carbonyl (C=O) groups excluding carboxylic acids is 1. The van der Waals surface area contributed by atoms with E-state index in [0.717, 1.165) is 17.7 Å². The van der Waals surface area contributed by atoms with Crippen molar-refractivity contribution in [3.63, 3.8) is 0 Å². The largest absolute Gasteiger partial charge is 0.489 e. The lowest BCUT2D eigenvalue weighted by atomic mass is 10.1. The maximum Gasteiger partial charge on any atom is 0.227 e. The van der Waals surface area contributed by atoms with E-state index in [4.69, 9.17) is 9.26 Å². The van der Waals surface area contributed by atoms with Gasteiger partial charge >= 0.3 is 0 Å². The molecule has 1 aliphatic rings. The molecular weight excluding hydrogens is 373 g/mol. The van der Waals surface area contributed by atoms with Crippen LogP contribution < -0.4 is 4.74 Å². The molecule has 4 rings (SSSR count). The monoisotopic (exact) mass is 395 g/mol. The van der Waals surface area contributed by atoms with E-state index < -0.39 is 0 Å². The number of rotatable bonds is 6. The quantitative estimate of drug-likeness (QED) is 0.637. The van der Waals surface area contributed by atoms with Crippen LogP contribution in [0.2, 0.25) is 0 Å². The third-order valence-electron chi connectivity index (χ3n) is 4.98. The minimum Gasteiger partial charge on any atom is -0.489 e. The Balaban J connectivity index is 1.32. The fourth-order valence-electron chi connectivity index (χ4n) is 3.36. The molecule has 7 heteroatoms. The molecule has 2 heterocycles. The molecule has 0 spiro atoms. The van der Waals surface area contributed by atoms with Gasteiger partial charge in [-0.05, 0) is 35.9 Å². The number of benzene rings is 2. The summed E-state index contributed by atoms with van der Waals surface area (Å²) in [4.78, 5) is 18.5. The molecule has 0 radical (unpaired) electrons. The van der Waals surface area contributed by atoms with Crippen LogP contribution in [0.25, 0.3) is 11.4 Å². The molecule has 1 fully saturated rings. The molecule has 1 atom stereocenters. The molecule has 3 aromatic rings. The zero-order valence-corrected chi connectivity index (χ0v) is 16.2. The van der Waals surface area contributed by atoms with E-state index in [1.807, 2.05) is 31.2 Å².